The maximum Gasteiger partial charge on any atom is 0.243 e. The fourth-order valence-corrected chi connectivity index (χ4v) is 3.69. The predicted molar refractivity (Wildman–Crippen MR) is 104 cm³/mol. The van der Waals surface area contributed by atoms with Crippen molar-refractivity contribution in [1.82, 2.24) is 19.8 Å². The van der Waals surface area contributed by atoms with Crippen molar-refractivity contribution in [3.05, 3.63) is 54.0 Å². The van der Waals surface area contributed by atoms with Gasteiger partial charge >= 0.3 is 0 Å². The van der Waals surface area contributed by atoms with Crippen molar-refractivity contribution in [3.63, 3.8) is 0 Å². The fourth-order valence-electron chi connectivity index (χ4n) is 2.27. The van der Waals surface area contributed by atoms with Crippen LogP contribution in [0.4, 0.5) is 5.69 Å². The number of anilines is 1. The first-order chi connectivity index (χ1) is 12.6. The van der Waals surface area contributed by atoms with Crippen LogP contribution in [0.25, 0.3) is 0 Å². The van der Waals surface area contributed by atoms with Crippen molar-refractivity contribution in [2.75, 3.05) is 11.9 Å². The molecule has 1 fully saturated rings. The molecule has 0 aliphatic carbocycles. The van der Waals surface area contributed by atoms with Gasteiger partial charge < -0.3 is 5.32 Å². The summed E-state index contributed by atoms with van der Waals surface area (Å²) in [6, 6.07) is 7.24. The highest BCUT2D eigenvalue weighted by atomic mass is 79.9. The van der Waals surface area contributed by atoms with E-state index in [4.69, 9.17) is 0 Å². The molecule has 0 bridgehead atoms. The Hall–Kier alpha value is -2.46. The van der Waals surface area contributed by atoms with Crippen LogP contribution in [0.1, 0.15) is 6.42 Å². The normalized spacial score (nSPS) is 18.3. The first kappa shape index (κ1) is 18.3. The summed E-state index contributed by atoms with van der Waals surface area (Å²) in [6.07, 6.45) is 4.52. The highest BCUT2D eigenvalue weighted by Crippen LogP contribution is 2.30. The number of nitrogens with zero attached hydrogens (tertiary/aromatic N) is 5. The zero-order valence-electron chi connectivity index (χ0n) is 13.6. The second-order valence-corrected chi connectivity index (χ2v) is 7.41. The SMILES string of the molecule is C=CCN1C(=O)[C@@H](CC(=O)Nc2ccc(Br)cc2)S/C1=N\n1cnnc1. The highest BCUT2D eigenvalue weighted by Gasteiger charge is 2.38. The Labute approximate surface area is 162 Å². The molecule has 0 saturated carbocycles. The van der Waals surface area contributed by atoms with Gasteiger partial charge in [-0.2, -0.15) is 0 Å². The predicted octanol–water partition coefficient (Wildman–Crippen LogP) is 2.32. The summed E-state index contributed by atoms with van der Waals surface area (Å²) in [5.41, 5.74) is 0.676. The van der Waals surface area contributed by atoms with Crippen molar-refractivity contribution in [2.24, 2.45) is 5.10 Å². The monoisotopic (exact) mass is 434 g/mol. The van der Waals surface area contributed by atoms with E-state index in [1.807, 2.05) is 12.1 Å². The number of nitrogens with one attached hydrogen (secondary N) is 1. The maximum absolute atomic E-state index is 12.6. The van der Waals surface area contributed by atoms with E-state index in [0.29, 0.717) is 17.4 Å². The molecule has 2 heterocycles. The van der Waals surface area contributed by atoms with Gasteiger partial charge in [-0.05, 0) is 24.3 Å². The van der Waals surface area contributed by atoms with Crippen molar-refractivity contribution >= 4 is 50.4 Å². The zero-order valence-corrected chi connectivity index (χ0v) is 16.0. The van der Waals surface area contributed by atoms with Crippen LogP contribution in [0.3, 0.4) is 0 Å². The molecule has 10 heteroatoms. The van der Waals surface area contributed by atoms with Gasteiger partial charge in [0.25, 0.3) is 0 Å². The van der Waals surface area contributed by atoms with E-state index < -0.39 is 5.25 Å². The van der Waals surface area contributed by atoms with Crippen LogP contribution in [0.15, 0.2) is 59.1 Å². The molecule has 1 aromatic carbocycles. The van der Waals surface area contributed by atoms with Gasteiger partial charge in [0.2, 0.25) is 11.8 Å². The summed E-state index contributed by atoms with van der Waals surface area (Å²) < 4.78 is 2.34. The molecule has 8 nitrogen and oxygen atoms in total. The molecule has 0 unspecified atom stereocenters. The largest absolute Gasteiger partial charge is 0.326 e. The molecular weight excluding hydrogens is 420 g/mol. The van der Waals surface area contributed by atoms with Gasteiger partial charge in [0, 0.05) is 23.1 Å². The van der Waals surface area contributed by atoms with E-state index in [1.54, 1.807) is 18.2 Å². The van der Waals surface area contributed by atoms with E-state index in [-0.39, 0.29) is 18.2 Å². The lowest BCUT2D eigenvalue weighted by atomic mass is 10.2. The molecule has 134 valence electrons. The van der Waals surface area contributed by atoms with Gasteiger partial charge in [-0.15, -0.1) is 21.9 Å². The average molecular weight is 435 g/mol. The number of hydrogen-bond acceptors (Lipinski definition) is 6. The Morgan fingerprint density at radius 3 is 2.69 bits per heavy atom. The van der Waals surface area contributed by atoms with Gasteiger partial charge in [0.15, 0.2) is 5.17 Å². The first-order valence-electron chi connectivity index (χ1n) is 7.65. The van der Waals surface area contributed by atoms with Crippen molar-refractivity contribution < 1.29 is 9.59 Å². The Bertz CT molecular complexity index is 837. The van der Waals surface area contributed by atoms with Gasteiger partial charge in [0.05, 0.1) is 0 Å². The molecular formula is C16H15BrN6O2S. The van der Waals surface area contributed by atoms with E-state index >= 15 is 0 Å². The Morgan fingerprint density at radius 1 is 1.35 bits per heavy atom. The Balaban J connectivity index is 1.69. The summed E-state index contributed by atoms with van der Waals surface area (Å²) in [7, 11) is 0. The minimum atomic E-state index is -0.541. The number of amides is 2. The smallest absolute Gasteiger partial charge is 0.243 e. The summed E-state index contributed by atoms with van der Waals surface area (Å²) in [5, 5.41) is 14.4. The third-order valence-corrected chi connectivity index (χ3v) is 5.13. The summed E-state index contributed by atoms with van der Waals surface area (Å²) in [6.45, 7) is 3.98. The van der Waals surface area contributed by atoms with E-state index in [1.165, 1.54) is 34.0 Å². The zero-order chi connectivity index (χ0) is 18.5. The van der Waals surface area contributed by atoms with E-state index in [2.05, 4.69) is 43.1 Å². The molecule has 2 amide bonds. The number of thioether (sulfide) groups is 1. The minimum absolute atomic E-state index is 0.0500. The fraction of sp³-hybridized carbons (Fsp3) is 0.188. The number of aromatic nitrogens is 3. The quantitative estimate of drug-likeness (QED) is 0.704. The second-order valence-electron chi connectivity index (χ2n) is 5.33. The van der Waals surface area contributed by atoms with E-state index in [9.17, 15) is 9.59 Å². The topological polar surface area (TPSA) is 92.5 Å². The van der Waals surface area contributed by atoms with Crippen molar-refractivity contribution in [1.29, 1.82) is 0 Å². The third kappa shape index (κ3) is 4.38. The van der Waals surface area contributed by atoms with Gasteiger partial charge in [0.1, 0.15) is 17.9 Å². The number of hydrogen-bond donors (Lipinski definition) is 1. The molecule has 1 N–H and O–H groups in total. The number of carbonyl (C=O) groups excluding carboxylic acids is 2. The molecule has 3 rings (SSSR count). The van der Waals surface area contributed by atoms with Crippen LogP contribution in [-0.2, 0) is 9.59 Å². The molecule has 1 aromatic heterocycles. The lowest BCUT2D eigenvalue weighted by molar-refractivity contribution is -0.127. The van der Waals surface area contributed by atoms with Crippen LogP contribution >= 0.6 is 27.7 Å². The number of carbonyl (C=O) groups is 2. The molecule has 1 atom stereocenters. The van der Waals surface area contributed by atoms with Crippen LogP contribution in [0.5, 0.6) is 0 Å². The molecule has 2 aromatic rings. The summed E-state index contributed by atoms with van der Waals surface area (Å²) in [5.74, 6) is -0.407. The molecule has 1 aliphatic heterocycles. The highest BCUT2D eigenvalue weighted by molar-refractivity contribution is 9.10. The number of rotatable bonds is 6. The number of amidine groups is 1. The van der Waals surface area contributed by atoms with Crippen LogP contribution in [0.2, 0.25) is 0 Å². The lowest BCUT2D eigenvalue weighted by Crippen LogP contribution is -2.33. The van der Waals surface area contributed by atoms with Crippen molar-refractivity contribution in [3.8, 4) is 0 Å². The number of benzene rings is 1. The lowest BCUT2D eigenvalue weighted by Gasteiger charge is -2.13. The maximum atomic E-state index is 12.6. The average Bonchev–Trinajstić information content (AvgIpc) is 3.22. The second kappa shape index (κ2) is 8.28. The molecule has 26 heavy (non-hydrogen) atoms. The van der Waals surface area contributed by atoms with Crippen LogP contribution in [-0.4, -0.2) is 48.6 Å². The van der Waals surface area contributed by atoms with Crippen LogP contribution in [0, 0.1) is 0 Å². The summed E-state index contributed by atoms with van der Waals surface area (Å²) >= 11 is 4.58. The number of halogens is 1. The Kier molecular flexibility index (Phi) is 5.84. The van der Waals surface area contributed by atoms with Crippen molar-refractivity contribution in [2.45, 2.75) is 11.7 Å². The minimum Gasteiger partial charge on any atom is -0.326 e. The van der Waals surface area contributed by atoms with Crippen LogP contribution < -0.4 is 5.32 Å². The standard InChI is InChI=1S/C16H15BrN6O2S/c1-2-7-23-15(25)13(26-16(23)21-22-9-18-19-10-22)8-14(24)20-12-5-3-11(17)4-6-12/h2-6,9-10,13H,1,7-8H2,(H,20,24)/b21-16-/t13-/m1/s1. The third-order valence-electron chi connectivity index (χ3n) is 3.44. The van der Waals surface area contributed by atoms with Gasteiger partial charge in [-0.1, -0.05) is 33.8 Å². The Morgan fingerprint density at radius 2 is 2.04 bits per heavy atom. The van der Waals surface area contributed by atoms with Gasteiger partial charge in [-0.3, -0.25) is 14.5 Å². The van der Waals surface area contributed by atoms with E-state index in [0.717, 1.165) is 4.47 Å². The first-order valence-corrected chi connectivity index (χ1v) is 9.32. The molecule has 1 saturated heterocycles. The van der Waals surface area contributed by atoms with Gasteiger partial charge in [-0.25, -0.2) is 4.68 Å². The summed E-state index contributed by atoms with van der Waals surface area (Å²) in [4.78, 5) is 26.4. The molecule has 0 spiro atoms. The molecule has 1 aliphatic rings. The molecule has 0 radical (unpaired) electrons.